The zero-order chi connectivity index (χ0) is 19.3. The van der Waals surface area contributed by atoms with Crippen LogP contribution in [-0.4, -0.2) is 34.8 Å². The van der Waals surface area contributed by atoms with E-state index in [2.05, 4.69) is 10.2 Å². The normalized spacial score (nSPS) is 13.5. The van der Waals surface area contributed by atoms with E-state index >= 15 is 0 Å². The van der Waals surface area contributed by atoms with Crippen molar-refractivity contribution in [2.45, 2.75) is 0 Å². The highest BCUT2D eigenvalue weighted by molar-refractivity contribution is 5.95. The number of ether oxygens (including phenoxy) is 1. The van der Waals surface area contributed by atoms with Crippen molar-refractivity contribution in [2.24, 2.45) is 0 Å². The van der Waals surface area contributed by atoms with E-state index in [9.17, 15) is 4.79 Å². The maximum Gasteiger partial charge on any atom is 0.259 e. The molecule has 1 aliphatic rings. The molecule has 6 nitrogen and oxygen atoms in total. The number of nitrogens with one attached hydrogen (secondary N) is 1. The number of hydrogen-bond donors (Lipinski definition) is 1. The number of allylic oxidation sites excluding steroid dienone is 2. The van der Waals surface area contributed by atoms with Crippen molar-refractivity contribution in [3.63, 3.8) is 0 Å². The largest absolute Gasteiger partial charge is 0.497 e. The van der Waals surface area contributed by atoms with Gasteiger partial charge in [-0.2, -0.15) is 5.10 Å². The van der Waals surface area contributed by atoms with Crippen LogP contribution in [0.5, 0.6) is 5.75 Å². The summed E-state index contributed by atoms with van der Waals surface area (Å²) in [6, 6.07) is 15.3. The van der Waals surface area contributed by atoms with Crippen molar-refractivity contribution in [1.82, 2.24) is 15.1 Å². The van der Waals surface area contributed by atoms with Crippen LogP contribution in [0.3, 0.4) is 0 Å². The molecule has 1 N–H and O–H groups in total. The Bertz CT molecular complexity index is 990. The summed E-state index contributed by atoms with van der Waals surface area (Å²) >= 11 is 0. The van der Waals surface area contributed by atoms with Crippen molar-refractivity contribution >= 4 is 11.6 Å². The van der Waals surface area contributed by atoms with Crippen LogP contribution in [-0.2, 0) is 0 Å². The summed E-state index contributed by atoms with van der Waals surface area (Å²) in [5, 5.41) is 6.81. The zero-order valence-electron chi connectivity index (χ0n) is 15.4. The predicted molar refractivity (Wildman–Crippen MR) is 109 cm³/mol. The Morgan fingerprint density at radius 3 is 2.43 bits per heavy atom. The van der Waals surface area contributed by atoms with Crippen LogP contribution in [0.15, 0.2) is 85.5 Å². The Kier molecular flexibility index (Phi) is 4.93. The maximum atomic E-state index is 12.9. The minimum absolute atomic E-state index is 0.0670. The summed E-state index contributed by atoms with van der Waals surface area (Å²) in [7, 11) is 1.61. The number of H-pyrrole nitrogens is 1. The lowest BCUT2D eigenvalue weighted by molar-refractivity contribution is 0.0825. The first-order valence-electron chi connectivity index (χ1n) is 8.90. The van der Waals surface area contributed by atoms with Crippen molar-refractivity contribution in [3.05, 3.63) is 91.0 Å². The fourth-order valence-corrected chi connectivity index (χ4v) is 3.02. The number of aromatic nitrogens is 2. The molecule has 0 radical (unpaired) electrons. The SMILES string of the molecule is COc1ccc(C(=O)N2C=CC=CN(c3ccc(-c4cn[nH]c4)cc3)C2)cc1. The van der Waals surface area contributed by atoms with Crippen LogP contribution in [0, 0.1) is 0 Å². The van der Waals surface area contributed by atoms with Gasteiger partial charge in [0, 0.05) is 35.4 Å². The summed E-state index contributed by atoms with van der Waals surface area (Å²) in [4.78, 5) is 16.6. The quantitative estimate of drug-likeness (QED) is 0.751. The molecule has 28 heavy (non-hydrogen) atoms. The monoisotopic (exact) mass is 372 g/mol. The van der Waals surface area contributed by atoms with Crippen molar-refractivity contribution in [1.29, 1.82) is 0 Å². The second-order valence-corrected chi connectivity index (χ2v) is 6.33. The van der Waals surface area contributed by atoms with Crippen LogP contribution in [0.4, 0.5) is 5.69 Å². The lowest BCUT2D eigenvalue weighted by Crippen LogP contribution is -2.35. The molecule has 0 fully saturated rings. The van der Waals surface area contributed by atoms with E-state index in [1.54, 1.807) is 48.7 Å². The molecule has 0 saturated carbocycles. The lowest BCUT2D eigenvalue weighted by Gasteiger charge is -2.26. The topological polar surface area (TPSA) is 61.5 Å². The fourth-order valence-electron chi connectivity index (χ4n) is 3.02. The molecule has 0 bridgehead atoms. The number of carbonyl (C=O) groups is 1. The molecule has 3 aromatic rings. The molecule has 140 valence electrons. The third kappa shape index (κ3) is 3.66. The molecule has 0 unspecified atom stereocenters. The number of aromatic amines is 1. The first-order chi connectivity index (χ1) is 13.7. The van der Waals surface area contributed by atoms with Gasteiger partial charge in [-0.05, 0) is 54.1 Å². The molecule has 0 aliphatic carbocycles. The van der Waals surface area contributed by atoms with E-state index in [1.807, 2.05) is 53.7 Å². The van der Waals surface area contributed by atoms with E-state index in [0.29, 0.717) is 12.2 Å². The number of nitrogens with zero attached hydrogens (tertiary/aromatic N) is 3. The summed E-state index contributed by atoms with van der Waals surface area (Å²) < 4.78 is 5.16. The van der Waals surface area contributed by atoms with Crippen LogP contribution in [0.1, 0.15) is 10.4 Å². The average molecular weight is 372 g/mol. The number of methoxy groups -OCH3 is 1. The number of rotatable bonds is 4. The van der Waals surface area contributed by atoms with Gasteiger partial charge in [0.05, 0.1) is 13.3 Å². The van der Waals surface area contributed by atoms with E-state index < -0.39 is 0 Å². The Labute approximate surface area is 163 Å². The van der Waals surface area contributed by atoms with E-state index in [4.69, 9.17) is 4.74 Å². The zero-order valence-corrected chi connectivity index (χ0v) is 15.4. The second-order valence-electron chi connectivity index (χ2n) is 6.33. The lowest BCUT2D eigenvalue weighted by atomic mass is 10.1. The number of anilines is 1. The Hall–Kier alpha value is -3.80. The molecular formula is C22H20N4O2. The van der Waals surface area contributed by atoms with Crippen LogP contribution in [0.2, 0.25) is 0 Å². The van der Waals surface area contributed by atoms with Crippen molar-refractivity contribution in [3.8, 4) is 16.9 Å². The van der Waals surface area contributed by atoms with E-state index in [0.717, 1.165) is 22.6 Å². The third-order valence-corrected chi connectivity index (χ3v) is 4.58. The molecule has 1 aliphatic heterocycles. The van der Waals surface area contributed by atoms with Gasteiger partial charge in [-0.3, -0.25) is 14.8 Å². The predicted octanol–water partition coefficient (Wildman–Crippen LogP) is 4.03. The maximum absolute atomic E-state index is 12.9. The van der Waals surface area contributed by atoms with Gasteiger partial charge >= 0.3 is 0 Å². The van der Waals surface area contributed by atoms with Gasteiger partial charge in [0.2, 0.25) is 0 Å². The molecule has 4 rings (SSSR count). The molecule has 2 aromatic carbocycles. The van der Waals surface area contributed by atoms with Gasteiger partial charge in [0.1, 0.15) is 12.4 Å². The van der Waals surface area contributed by atoms with Crippen molar-refractivity contribution < 1.29 is 9.53 Å². The highest BCUT2D eigenvalue weighted by Crippen LogP contribution is 2.24. The fraction of sp³-hybridized carbons (Fsp3) is 0.0909. The van der Waals surface area contributed by atoms with Gasteiger partial charge in [-0.1, -0.05) is 12.1 Å². The number of amides is 1. The standard InChI is InChI=1S/C22H20N4O2/c1-28-21-10-6-18(7-11-21)22(27)26-13-3-2-12-25(16-26)20-8-4-17(5-9-20)19-14-23-24-15-19/h2-15H,16H2,1H3,(H,23,24). The molecule has 0 atom stereocenters. The van der Waals surface area contributed by atoms with Gasteiger partial charge in [-0.15, -0.1) is 0 Å². The number of benzene rings is 2. The highest BCUT2D eigenvalue weighted by Gasteiger charge is 2.18. The van der Waals surface area contributed by atoms with Gasteiger partial charge in [0.15, 0.2) is 0 Å². The molecule has 0 saturated heterocycles. The van der Waals surface area contributed by atoms with Gasteiger partial charge in [-0.25, -0.2) is 0 Å². The van der Waals surface area contributed by atoms with Gasteiger partial charge < -0.3 is 9.64 Å². The molecule has 6 heteroatoms. The van der Waals surface area contributed by atoms with Crippen LogP contribution >= 0.6 is 0 Å². The van der Waals surface area contributed by atoms with Gasteiger partial charge in [0.25, 0.3) is 5.91 Å². The molecule has 1 aromatic heterocycles. The average Bonchev–Trinajstić information content (AvgIpc) is 3.18. The smallest absolute Gasteiger partial charge is 0.259 e. The molecular weight excluding hydrogens is 352 g/mol. The van der Waals surface area contributed by atoms with Crippen LogP contribution in [0.25, 0.3) is 11.1 Å². The summed E-state index contributed by atoms with van der Waals surface area (Å²) in [5.74, 6) is 0.659. The minimum Gasteiger partial charge on any atom is -0.497 e. The first kappa shape index (κ1) is 17.6. The Morgan fingerprint density at radius 1 is 1.00 bits per heavy atom. The summed E-state index contributed by atoms with van der Waals surface area (Å²) in [6.07, 6.45) is 11.2. The molecule has 2 heterocycles. The minimum atomic E-state index is -0.0670. The molecule has 1 amide bonds. The Morgan fingerprint density at radius 2 is 1.75 bits per heavy atom. The third-order valence-electron chi connectivity index (χ3n) is 4.58. The second kappa shape index (κ2) is 7.84. The van der Waals surface area contributed by atoms with E-state index in [-0.39, 0.29) is 5.91 Å². The Balaban J connectivity index is 1.52. The van der Waals surface area contributed by atoms with Crippen molar-refractivity contribution in [2.75, 3.05) is 18.7 Å². The summed E-state index contributed by atoms with van der Waals surface area (Å²) in [5.41, 5.74) is 3.74. The number of carbonyl (C=O) groups excluding carboxylic acids is 1. The number of hydrogen-bond acceptors (Lipinski definition) is 4. The summed E-state index contributed by atoms with van der Waals surface area (Å²) in [6.45, 7) is 0.420. The van der Waals surface area contributed by atoms with E-state index in [1.165, 1.54) is 0 Å². The first-order valence-corrected chi connectivity index (χ1v) is 8.90. The van der Waals surface area contributed by atoms with Crippen LogP contribution < -0.4 is 9.64 Å². The molecule has 0 spiro atoms. The highest BCUT2D eigenvalue weighted by atomic mass is 16.5.